The maximum atomic E-state index is 12.7. The maximum Gasteiger partial charge on any atom is 0.306 e. The standard InChI is InChI=1S/C52H85NO7/c1-6-8-10-12-14-16-18-20-22-24-26-28-30-32-34-36-38-40-42-50(54)59-47-48(46-58-45-44-49(52(56)57)53(3,4)5)60-51(55)43-41-39-37-35-33-31-29-27-25-23-21-19-17-15-13-11-9-7-2/h10,12,14,16,18-29,48-49H,6-9,11,13,15,17,30-47H2,1-5H3/b12-10+,16-14+,20-18+,21-19+,24-22+,25-23+,28-26+,29-27+. The molecular formula is C52H85NO7. The van der Waals surface area contributed by atoms with Crippen molar-refractivity contribution >= 4 is 17.9 Å². The van der Waals surface area contributed by atoms with Gasteiger partial charge in [0.15, 0.2) is 6.10 Å². The van der Waals surface area contributed by atoms with Crippen LogP contribution in [-0.2, 0) is 28.6 Å². The number of hydrogen-bond donors (Lipinski definition) is 0. The van der Waals surface area contributed by atoms with Gasteiger partial charge in [-0.3, -0.25) is 9.59 Å². The normalized spacial score (nSPS) is 13.8. The number of quaternary nitrogens is 1. The van der Waals surface area contributed by atoms with Gasteiger partial charge in [-0.05, 0) is 57.8 Å². The molecule has 0 saturated carbocycles. The molecule has 0 N–H and O–H groups in total. The largest absolute Gasteiger partial charge is 0.544 e. The molecule has 340 valence electrons. The minimum atomic E-state index is -1.14. The first-order valence-corrected chi connectivity index (χ1v) is 23.4. The van der Waals surface area contributed by atoms with E-state index >= 15 is 0 Å². The number of rotatable bonds is 40. The Morgan fingerprint density at radius 1 is 0.500 bits per heavy atom. The van der Waals surface area contributed by atoms with E-state index in [4.69, 9.17) is 14.2 Å². The third-order valence-electron chi connectivity index (χ3n) is 9.86. The summed E-state index contributed by atoms with van der Waals surface area (Å²) < 4.78 is 17.1. The smallest absolute Gasteiger partial charge is 0.306 e. The van der Waals surface area contributed by atoms with Gasteiger partial charge in [0.1, 0.15) is 12.6 Å². The zero-order valence-electron chi connectivity index (χ0n) is 38.6. The summed E-state index contributed by atoms with van der Waals surface area (Å²) in [6.45, 7) is 4.49. The Labute approximate surface area is 366 Å². The molecule has 0 radical (unpaired) electrons. The first kappa shape index (κ1) is 56.2. The molecule has 0 aliphatic rings. The van der Waals surface area contributed by atoms with Crippen LogP contribution in [0, 0.1) is 0 Å². The third-order valence-corrected chi connectivity index (χ3v) is 9.86. The minimum absolute atomic E-state index is 0.0172. The molecule has 60 heavy (non-hydrogen) atoms. The van der Waals surface area contributed by atoms with Crippen LogP contribution in [0.5, 0.6) is 0 Å². The Morgan fingerprint density at radius 2 is 0.917 bits per heavy atom. The number of nitrogens with zero attached hydrogens (tertiary/aromatic N) is 1. The number of unbranched alkanes of at least 4 members (excludes halogenated alkanes) is 16. The molecule has 0 aliphatic heterocycles. The highest BCUT2D eigenvalue weighted by atomic mass is 16.6. The molecule has 0 saturated heterocycles. The minimum Gasteiger partial charge on any atom is -0.544 e. The fourth-order valence-corrected chi connectivity index (χ4v) is 6.22. The number of aliphatic carboxylic acids is 1. The molecule has 0 aromatic rings. The Kier molecular flexibility index (Phi) is 39.3. The van der Waals surface area contributed by atoms with E-state index in [-0.39, 0.29) is 49.1 Å². The van der Waals surface area contributed by atoms with Crippen molar-refractivity contribution in [3.63, 3.8) is 0 Å². The second kappa shape index (κ2) is 42.0. The van der Waals surface area contributed by atoms with Crippen molar-refractivity contribution in [3.05, 3.63) is 97.2 Å². The lowest BCUT2D eigenvalue weighted by atomic mass is 10.1. The molecule has 8 nitrogen and oxygen atoms in total. The number of likely N-dealkylation sites (N-methyl/N-ethyl adjacent to an activating group) is 1. The lowest BCUT2D eigenvalue weighted by Gasteiger charge is -2.34. The summed E-state index contributed by atoms with van der Waals surface area (Å²) in [5.41, 5.74) is 0. The Balaban J connectivity index is 4.45. The van der Waals surface area contributed by atoms with Gasteiger partial charge in [-0.25, -0.2) is 0 Å². The molecule has 0 aromatic heterocycles. The van der Waals surface area contributed by atoms with E-state index in [1.807, 2.05) is 36.5 Å². The van der Waals surface area contributed by atoms with Crippen LogP contribution in [-0.4, -0.2) is 75.5 Å². The molecule has 0 heterocycles. The summed E-state index contributed by atoms with van der Waals surface area (Å²) in [6.07, 6.45) is 55.6. The van der Waals surface area contributed by atoms with Gasteiger partial charge in [0.2, 0.25) is 0 Å². The zero-order chi connectivity index (χ0) is 44.2. The van der Waals surface area contributed by atoms with Gasteiger partial charge in [-0.15, -0.1) is 0 Å². The van der Waals surface area contributed by atoms with Gasteiger partial charge in [0, 0.05) is 19.3 Å². The zero-order valence-corrected chi connectivity index (χ0v) is 38.6. The van der Waals surface area contributed by atoms with Crippen molar-refractivity contribution in [2.24, 2.45) is 0 Å². The average Bonchev–Trinajstić information content (AvgIpc) is 3.21. The van der Waals surface area contributed by atoms with Crippen molar-refractivity contribution < 1.29 is 38.2 Å². The molecular weight excluding hydrogens is 751 g/mol. The van der Waals surface area contributed by atoms with Crippen molar-refractivity contribution in [3.8, 4) is 0 Å². The van der Waals surface area contributed by atoms with Gasteiger partial charge in [-0.2, -0.15) is 0 Å². The highest BCUT2D eigenvalue weighted by Gasteiger charge is 2.25. The van der Waals surface area contributed by atoms with Gasteiger partial charge in [-0.1, -0.05) is 182 Å². The number of carbonyl (C=O) groups excluding carboxylic acids is 3. The molecule has 0 bridgehead atoms. The van der Waals surface area contributed by atoms with Crippen LogP contribution >= 0.6 is 0 Å². The Bertz CT molecular complexity index is 1300. The first-order chi connectivity index (χ1) is 29.1. The van der Waals surface area contributed by atoms with Crippen LogP contribution in [0.2, 0.25) is 0 Å². The highest BCUT2D eigenvalue weighted by molar-refractivity contribution is 5.70. The van der Waals surface area contributed by atoms with E-state index in [0.717, 1.165) is 89.9 Å². The molecule has 0 rings (SSSR count). The van der Waals surface area contributed by atoms with Gasteiger partial charge in [0.05, 0.1) is 40.3 Å². The second-order valence-electron chi connectivity index (χ2n) is 16.5. The van der Waals surface area contributed by atoms with E-state index in [2.05, 4.69) is 74.6 Å². The third kappa shape index (κ3) is 39.7. The van der Waals surface area contributed by atoms with E-state index in [0.29, 0.717) is 6.42 Å². The fraction of sp³-hybridized carbons (Fsp3) is 0.635. The van der Waals surface area contributed by atoms with Crippen LogP contribution in [0.15, 0.2) is 97.2 Å². The highest BCUT2D eigenvalue weighted by Crippen LogP contribution is 2.13. The number of allylic oxidation sites excluding steroid dienone is 16. The van der Waals surface area contributed by atoms with Crippen LogP contribution in [0.4, 0.5) is 0 Å². The maximum absolute atomic E-state index is 12.7. The van der Waals surface area contributed by atoms with Crippen LogP contribution < -0.4 is 5.11 Å². The lowest BCUT2D eigenvalue weighted by molar-refractivity contribution is -0.889. The van der Waals surface area contributed by atoms with E-state index in [1.165, 1.54) is 38.5 Å². The molecule has 0 spiro atoms. The number of carboxylic acids is 1. The van der Waals surface area contributed by atoms with E-state index < -0.39 is 18.1 Å². The molecule has 8 heteroatoms. The predicted octanol–water partition coefficient (Wildman–Crippen LogP) is 11.7. The summed E-state index contributed by atoms with van der Waals surface area (Å²) in [5.74, 6) is -1.81. The SMILES string of the molecule is CCC/C=C/C=C/C=C/C=C/C=C/CCCCCCCC(=O)OCC(COCCC(C(=O)[O-])[N+](C)(C)C)OC(=O)CCCCCCC/C=C/C=C/C=C/CCCCCCC. The average molecular weight is 836 g/mol. The number of ether oxygens (including phenoxy) is 3. The lowest BCUT2D eigenvalue weighted by Crippen LogP contribution is -2.55. The Morgan fingerprint density at radius 3 is 1.37 bits per heavy atom. The van der Waals surface area contributed by atoms with Gasteiger partial charge < -0.3 is 28.6 Å². The monoisotopic (exact) mass is 836 g/mol. The summed E-state index contributed by atoms with van der Waals surface area (Å²) in [7, 11) is 5.38. The summed E-state index contributed by atoms with van der Waals surface area (Å²) >= 11 is 0. The summed E-state index contributed by atoms with van der Waals surface area (Å²) in [5, 5.41) is 11.6. The Hall–Kier alpha value is -3.75. The van der Waals surface area contributed by atoms with Crippen molar-refractivity contribution in [1.82, 2.24) is 0 Å². The fourth-order valence-electron chi connectivity index (χ4n) is 6.22. The van der Waals surface area contributed by atoms with E-state index in [9.17, 15) is 19.5 Å². The number of esters is 2. The molecule has 0 amide bonds. The van der Waals surface area contributed by atoms with Crippen LogP contribution in [0.3, 0.4) is 0 Å². The van der Waals surface area contributed by atoms with Crippen molar-refractivity contribution in [1.29, 1.82) is 0 Å². The number of carbonyl (C=O) groups is 3. The van der Waals surface area contributed by atoms with Crippen LogP contribution in [0.25, 0.3) is 0 Å². The second-order valence-corrected chi connectivity index (χ2v) is 16.5. The van der Waals surface area contributed by atoms with E-state index in [1.54, 1.807) is 21.1 Å². The van der Waals surface area contributed by atoms with Crippen molar-refractivity contribution in [2.75, 3.05) is 41.0 Å². The van der Waals surface area contributed by atoms with Crippen LogP contribution in [0.1, 0.15) is 162 Å². The number of hydrogen-bond acceptors (Lipinski definition) is 7. The first-order valence-electron chi connectivity index (χ1n) is 23.4. The molecule has 2 unspecified atom stereocenters. The molecule has 2 atom stereocenters. The summed E-state index contributed by atoms with van der Waals surface area (Å²) in [6, 6.07) is -0.740. The quantitative estimate of drug-likeness (QED) is 0.0262. The van der Waals surface area contributed by atoms with Gasteiger partial charge >= 0.3 is 11.9 Å². The number of carboxylic acid groups (broad SMARTS) is 1. The topological polar surface area (TPSA) is 102 Å². The molecule has 0 aromatic carbocycles. The molecule has 0 fully saturated rings. The van der Waals surface area contributed by atoms with Crippen molar-refractivity contribution in [2.45, 2.75) is 174 Å². The summed E-state index contributed by atoms with van der Waals surface area (Å²) in [4.78, 5) is 36.9. The van der Waals surface area contributed by atoms with Gasteiger partial charge in [0.25, 0.3) is 0 Å². The predicted molar refractivity (Wildman–Crippen MR) is 249 cm³/mol. The molecule has 0 aliphatic carbocycles.